The summed E-state index contributed by atoms with van der Waals surface area (Å²) < 4.78 is 10.3. The molecule has 1 atom stereocenters. The van der Waals surface area contributed by atoms with Gasteiger partial charge in [0.25, 0.3) is 0 Å². The average Bonchev–Trinajstić information content (AvgIpc) is 2.23. The van der Waals surface area contributed by atoms with E-state index in [9.17, 15) is 4.79 Å². The molecule has 0 aliphatic rings. The minimum Gasteiger partial charge on any atom is -0.444 e. The molecule has 0 aromatic carbocycles. The number of carbonyl (C=O) groups is 1. The van der Waals surface area contributed by atoms with Crippen LogP contribution in [0.2, 0.25) is 0 Å². The molecule has 0 fully saturated rings. The van der Waals surface area contributed by atoms with Gasteiger partial charge < -0.3 is 19.7 Å². The van der Waals surface area contributed by atoms with Crippen LogP contribution in [0.5, 0.6) is 0 Å². The van der Waals surface area contributed by atoms with Gasteiger partial charge in [-0.25, -0.2) is 4.79 Å². The lowest BCUT2D eigenvalue weighted by Crippen LogP contribution is -2.39. The van der Waals surface area contributed by atoms with Gasteiger partial charge in [0.15, 0.2) is 0 Å². The summed E-state index contributed by atoms with van der Waals surface area (Å²) in [5.74, 6) is 0. The van der Waals surface area contributed by atoms with Gasteiger partial charge in [-0.3, -0.25) is 0 Å². The third-order valence-electron chi connectivity index (χ3n) is 2.40. The zero-order valence-electron chi connectivity index (χ0n) is 12.6. The third-order valence-corrected chi connectivity index (χ3v) is 2.40. The Bertz CT molecular complexity index is 239. The van der Waals surface area contributed by atoms with E-state index in [1.165, 1.54) is 0 Å². The molecule has 5 nitrogen and oxygen atoms in total. The highest BCUT2D eigenvalue weighted by atomic mass is 16.6. The Morgan fingerprint density at radius 3 is 2.50 bits per heavy atom. The predicted molar refractivity (Wildman–Crippen MR) is 72.8 cm³/mol. The molecule has 0 aliphatic carbocycles. The largest absolute Gasteiger partial charge is 0.444 e. The number of likely N-dealkylation sites (N-methyl/N-ethyl adjacent to an activating group) is 1. The summed E-state index contributed by atoms with van der Waals surface area (Å²) in [5.41, 5.74) is -0.440. The summed E-state index contributed by atoms with van der Waals surface area (Å²) >= 11 is 0. The molecule has 0 rings (SSSR count). The van der Waals surface area contributed by atoms with Crippen molar-refractivity contribution < 1.29 is 14.3 Å². The molecule has 0 aromatic heterocycles. The van der Waals surface area contributed by atoms with Crippen LogP contribution in [0.3, 0.4) is 0 Å². The minimum atomic E-state index is -0.440. The molecule has 0 saturated carbocycles. The van der Waals surface area contributed by atoms with Gasteiger partial charge >= 0.3 is 6.09 Å². The number of rotatable bonds is 7. The molecule has 0 saturated heterocycles. The number of nitrogens with zero attached hydrogens (tertiary/aromatic N) is 1. The van der Waals surface area contributed by atoms with Gasteiger partial charge in [-0.1, -0.05) is 0 Å². The molecule has 0 spiro atoms. The number of ether oxygens (including phenoxy) is 2. The lowest BCUT2D eigenvalue weighted by molar-refractivity contribution is 0.0299. The SMILES string of the molecule is COCCC(C)NCCN(C)C(=O)OC(C)(C)C. The van der Waals surface area contributed by atoms with Crippen molar-refractivity contribution in [2.75, 3.05) is 33.9 Å². The van der Waals surface area contributed by atoms with Crippen molar-refractivity contribution in [3.8, 4) is 0 Å². The van der Waals surface area contributed by atoms with E-state index >= 15 is 0 Å². The van der Waals surface area contributed by atoms with Crippen molar-refractivity contribution >= 4 is 6.09 Å². The highest BCUT2D eigenvalue weighted by molar-refractivity contribution is 5.67. The van der Waals surface area contributed by atoms with Crippen LogP contribution in [0.4, 0.5) is 4.79 Å². The Kier molecular flexibility index (Phi) is 7.95. The quantitative estimate of drug-likeness (QED) is 0.759. The standard InChI is InChI=1S/C13H28N2O3/c1-11(7-10-17-6)14-8-9-15(5)12(16)18-13(2,3)4/h11,14H,7-10H2,1-6H3. The van der Waals surface area contributed by atoms with Gasteiger partial charge in [0.1, 0.15) is 5.60 Å². The molecule has 0 radical (unpaired) electrons. The fourth-order valence-corrected chi connectivity index (χ4v) is 1.31. The second-order valence-corrected chi connectivity index (χ2v) is 5.54. The van der Waals surface area contributed by atoms with E-state index in [1.54, 1.807) is 19.1 Å². The molecule has 0 bridgehead atoms. The molecule has 0 aliphatic heterocycles. The first-order valence-electron chi connectivity index (χ1n) is 6.42. The van der Waals surface area contributed by atoms with Crippen LogP contribution in [0, 0.1) is 0 Å². The molecular weight excluding hydrogens is 232 g/mol. The Balaban J connectivity index is 3.76. The van der Waals surface area contributed by atoms with E-state index in [0.717, 1.165) is 19.6 Å². The zero-order valence-corrected chi connectivity index (χ0v) is 12.6. The molecule has 5 heteroatoms. The summed E-state index contributed by atoms with van der Waals surface area (Å²) in [4.78, 5) is 13.2. The van der Waals surface area contributed by atoms with E-state index in [0.29, 0.717) is 12.6 Å². The maximum absolute atomic E-state index is 11.7. The Hall–Kier alpha value is -0.810. The molecule has 1 amide bonds. The first-order chi connectivity index (χ1) is 8.26. The van der Waals surface area contributed by atoms with Crippen LogP contribution in [-0.4, -0.2) is 56.5 Å². The van der Waals surface area contributed by atoms with E-state index in [2.05, 4.69) is 12.2 Å². The van der Waals surface area contributed by atoms with E-state index < -0.39 is 5.60 Å². The van der Waals surface area contributed by atoms with Gasteiger partial charge in [-0.15, -0.1) is 0 Å². The third kappa shape index (κ3) is 9.24. The number of hydrogen-bond acceptors (Lipinski definition) is 4. The van der Waals surface area contributed by atoms with Crippen molar-refractivity contribution in [1.82, 2.24) is 10.2 Å². The molecule has 108 valence electrons. The van der Waals surface area contributed by atoms with Gasteiger partial charge in [-0.2, -0.15) is 0 Å². The predicted octanol–water partition coefficient (Wildman–Crippen LogP) is 1.87. The van der Waals surface area contributed by atoms with E-state index in [4.69, 9.17) is 9.47 Å². The zero-order chi connectivity index (χ0) is 14.2. The number of hydrogen-bond donors (Lipinski definition) is 1. The first-order valence-corrected chi connectivity index (χ1v) is 6.42. The second kappa shape index (κ2) is 8.32. The molecule has 1 unspecified atom stereocenters. The van der Waals surface area contributed by atoms with Crippen molar-refractivity contribution in [3.05, 3.63) is 0 Å². The van der Waals surface area contributed by atoms with E-state index in [1.807, 2.05) is 20.8 Å². The maximum atomic E-state index is 11.7. The van der Waals surface area contributed by atoms with Gasteiger partial charge in [0.2, 0.25) is 0 Å². The van der Waals surface area contributed by atoms with Crippen molar-refractivity contribution in [2.24, 2.45) is 0 Å². The first kappa shape index (κ1) is 17.2. The van der Waals surface area contributed by atoms with Crippen LogP contribution < -0.4 is 5.32 Å². The summed E-state index contributed by atoms with van der Waals surface area (Å²) in [7, 11) is 3.44. The van der Waals surface area contributed by atoms with Crippen molar-refractivity contribution in [1.29, 1.82) is 0 Å². The Labute approximate surface area is 111 Å². The fraction of sp³-hybridized carbons (Fsp3) is 0.923. The number of nitrogens with one attached hydrogen (secondary N) is 1. The van der Waals surface area contributed by atoms with Gasteiger partial charge in [-0.05, 0) is 34.1 Å². The topological polar surface area (TPSA) is 50.8 Å². The summed E-state index contributed by atoms with van der Waals surface area (Å²) in [5, 5.41) is 3.34. The highest BCUT2D eigenvalue weighted by Crippen LogP contribution is 2.08. The maximum Gasteiger partial charge on any atom is 0.410 e. The Morgan fingerprint density at radius 1 is 1.39 bits per heavy atom. The van der Waals surface area contributed by atoms with Crippen LogP contribution in [-0.2, 0) is 9.47 Å². The van der Waals surface area contributed by atoms with Crippen molar-refractivity contribution in [2.45, 2.75) is 45.8 Å². The van der Waals surface area contributed by atoms with Crippen LogP contribution >= 0.6 is 0 Å². The van der Waals surface area contributed by atoms with Gasteiger partial charge in [0, 0.05) is 39.9 Å². The van der Waals surface area contributed by atoms with Crippen LogP contribution in [0.25, 0.3) is 0 Å². The highest BCUT2D eigenvalue weighted by Gasteiger charge is 2.19. The van der Waals surface area contributed by atoms with E-state index in [-0.39, 0.29) is 6.09 Å². The lowest BCUT2D eigenvalue weighted by Gasteiger charge is -2.25. The molecular formula is C13H28N2O3. The number of methoxy groups -OCH3 is 1. The lowest BCUT2D eigenvalue weighted by atomic mass is 10.2. The molecule has 18 heavy (non-hydrogen) atoms. The smallest absolute Gasteiger partial charge is 0.410 e. The molecule has 0 heterocycles. The molecule has 1 N–H and O–H groups in total. The molecule has 0 aromatic rings. The summed E-state index contributed by atoms with van der Waals surface area (Å²) in [6.45, 7) is 9.83. The Morgan fingerprint density at radius 2 is 2.00 bits per heavy atom. The second-order valence-electron chi connectivity index (χ2n) is 5.54. The van der Waals surface area contributed by atoms with Gasteiger partial charge in [0.05, 0.1) is 0 Å². The fourth-order valence-electron chi connectivity index (χ4n) is 1.31. The normalized spacial score (nSPS) is 13.2. The summed E-state index contributed by atoms with van der Waals surface area (Å²) in [6, 6.07) is 0.386. The monoisotopic (exact) mass is 260 g/mol. The van der Waals surface area contributed by atoms with Crippen molar-refractivity contribution in [3.63, 3.8) is 0 Å². The average molecular weight is 260 g/mol. The number of amides is 1. The van der Waals surface area contributed by atoms with Crippen LogP contribution in [0.15, 0.2) is 0 Å². The minimum absolute atomic E-state index is 0.283. The number of carbonyl (C=O) groups excluding carboxylic acids is 1. The van der Waals surface area contributed by atoms with Crippen LogP contribution in [0.1, 0.15) is 34.1 Å². The summed E-state index contributed by atoms with van der Waals surface area (Å²) in [6.07, 6.45) is 0.681.